The van der Waals surface area contributed by atoms with Crippen molar-refractivity contribution in [3.8, 4) is 0 Å². The summed E-state index contributed by atoms with van der Waals surface area (Å²) in [6, 6.07) is 0. The summed E-state index contributed by atoms with van der Waals surface area (Å²) in [4.78, 5) is 0. The standard InChI is InChI=1S/C8H15Si/c1-5-6-7-8-9(2,3)4/h5-7H,1-4H3. The molecule has 0 rings (SSSR count). The lowest BCUT2D eigenvalue weighted by Gasteiger charge is -2.05. The summed E-state index contributed by atoms with van der Waals surface area (Å²) in [6.07, 6.45) is 6.07. The summed E-state index contributed by atoms with van der Waals surface area (Å²) in [5.41, 5.74) is 3.35. The Morgan fingerprint density at radius 3 is 2.11 bits per heavy atom. The molecule has 0 aromatic heterocycles. The van der Waals surface area contributed by atoms with Gasteiger partial charge in [-0.2, -0.15) is 0 Å². The molecule has 0 amide bonds. The zero-order chi connectivity index (χ0) is 7.33. The molecule has 0 aliphatic rings. The van der Waals surface area contributed by atoms with E-state index in [1.807, 2.05) is 25.2 Å². The minimum absolute atomic E-state index is 1.05. The van der Waals surface area contributed by atoms with Crippen LogP contribution in [0.1, 0.15) is 6.92 Å². The highest BCUT2D eigenvalue weighted by Gasteiger charge is 2.05. The summed E-state index contributed by atoms with van der Waals surface area (Å²) in [6.45, 7) is 8.83. The van der Waals surface area contributed by atoms with Gasteiger partial charge < -0.3 is 0 Å². The molecular formula is C8H15Si. The van der Waals surface area contributed by atoms with Gasteiger partial charge in [0.05, 0.1) is 8.07 Å². The molecule has 0 bridgehead atoms. The molecule has 0 N–H and O–H groups in total. The Morgan fingerprint density at radius 2 is 1.78 bits per heavy atom. The average molecular weight is 139 g/mol. The normalized spacial score (nSPS) is 13.8. The van der Waals surface area contributed by atoms with Gasteiger partial charge in [0.25, 0.3) is 0 Å². The monoisotopic (exact) mass is 139 g/mol. The molecule has 0 atom stereocenters. The SMILES string of the molecule is CC=C/C=[C]/[Si](C)(C)C. The number of rotatable bonds is 2. The second kappa shape index (κ2) is 3.67. The first-order valence-electron chi connectivity index (χ1n) is 3.28. The van der Waals surface area contributed by atoms with Gasteiger partial charge >= 0.3 is 0 Å². The van der Waals surface area contributed by atoms with Crippen molar-refractivity contribution < 1.29 is 0 Å². The van der Waals surface area contributed by atoms with Crippen molar-refractivity contribution in [1.29, 1.82) is 0 Å². The topological polar surface area (TPSA) is 0 Å². The van der Waals surface area contributed by atoms with Crippen LogP contribution in [0.25, 0.3) is 0 Å². The molecule has 0 nitrogen and oxygen atoms in total. The van der Waals surface area contributed by atoms with Gasteiger partial charge in [-0.25, -0.2) is 0 Å². The van der Waals surface area contributed by atoms with E-state index in [1.165, 1.54) is 0 Å². The third kappa shape index (κ3) is 7.70. The maximum Gasteiger partial charge on any atom is 0.0774 e. The lowest BCUT2D eigenvalue weighted by molar-refractivity contribution is 1.69. The minimum atomic E-state index is -1.05. The van der Waals surface area contributed by atoms with E-state index in [-0.39, 0.29) is 0 Å². The molecule has 0 aliphatic heterocycles. The van der Waals surface area contributed by atoms with Gasteiger partial charge in [0.2, 0.25) is 0 Å². The summed E-state index contributed by atoms with van der Waals surface area (Å²) in [7, 11) is -1.05. The van der Waals surface area contributed by atoms with Crippen LogP contribution in [0.3, 0.4) is 0 Å². The largest absolute Gasteiger partial charge is 0.0877 e. The zero-order valence-corrected chi connectivity index (χ0v) is 7.73. The predicted octanol–water partition coefficient (Wildman–Crippen LogP) is 2.80. The molecule has 0 aromatic carbocycles. The van der Waals surface area contributed by atoms with Gasteiger partial charge in [-0.15, -0.1) is 0 Å². The molecule has 1 radical (unpaired) electrons. The van der Waals surface area contributed by atoms with Gasteiger partial charge in [0.1, 0.15) is 0 Å². The molecule has 0 saturated heterocycles. The summed E-state index contributed by atoms with van der Waals surface area (Å²) in [5.74, 6) is 0. The van der Waals surface area contributed by atoms with E-state index in [2.05, 4.69) is 25.3 Å². The molecule has 9 heavy (non-hydrogen) atoms. The Balaban J connectivity index is 3.71. The number of hydrogen-bond donors (Lipinski definition) is 0. The molecule has 0 saturated carbocycles. The van der Waals surface area contributed by atoms with Crippen LogP contribution < -0.4 is 0 Å². The third-order valence-electron chi connectivity index (χ3n) is 0.805. The lowest BCUT2D eigenvalue weighted by atomic mass is 10.5. The Labute approximate surface area is 59.3 Å². The van der Waals surface area contributed by atoms with Crippen LogP contribution in [0.5, 0.6) is 0 Å². The molecule has 0 heterocycles. The second-order valence-corrected chi connectivity index (χ2v) is 7.88. The molecule has 0 fully saturated rings. The van der Waals surface area contributed by atoms with Crippen molar-refractivity contribution in [3.05, 3.63) is 23.9 Å². The average Bonchev–Trinajstić information content (AvgIpc) is 1.63. The molecule has 0 aromatic rings. The molecule has 1 heteroatoms. The molecule has 51 valence electrons. The fourth-order valence-corrected chi connectivity index (χ4v) is 0.991. The predicted molar refractivity (Wildman–Crippen MR) is 46.0 cm³/mol. The Bertz CT molecular complexity index is 115. The van der Waals surface area contributed by atoms with Crippen LogP contribution in [0, 0.1) is 5.70 Å². The van der Waals surface area contributed by atoms with Crippen molar-refractivity contribution >= 4 is 8.07 Å². The lowest BCUT2D eigenvalue weighted by Crippen LogP contribution is -2.15. The van der Waals surface area contributed by atoms with Crippen LogP contribution >= 0.6 is 0 Å². The van der Waals surface area contributed by atoms with Gasteiger partial charge in [-0.1, -0.05) is 43.6 Å². The fourth-order valence-electron chi connectivity index (χ4n) is 0.394. The first-order valence-corrected chi connectivity index (χ1v) is 6.78. The van der Waals surface area contributed by atoms with Crippen LogP contribution in [-0.4, -0.2) is 8.07 Å². The molecule has 0 unspecified atom stereocenters. The first kappa shape index (κ1) is 8.70. The Hall–Kier alpha value is -0.303. The maximum absolute atomic E-state index is 3.35. The molecular weight excluding hydrogens is 124 g/mol. The number of allylic oxidation sites excluding steroid dienone is 3. The van der Waals surface area contributed by atoms with E-state index >= 15 is 0 Å². The highest BCUT2D eigenvalue weighted by atomic mass is 28.3. The number of hydrogen-bond acceptors (Lipinski definition) is 0. The van der Waals surface area contributed by atoms with Crippen molar-refractivity contribution in [2.45, 2.75) is 26.6 Å². The van der Waals surface area contributed by atoms with E-state index in [4.69, 9.17) is 0 Å². The quantitative estimate of drug-likeness (QED) is 0.407. The van der Waals surface area contributed by atoms with Crippen LogP contribution in [0.2, 0.25) is 19.6 Å². The maximum atomic E-state index is 3.35. The molecule has 0 aliphatic carbocycles. The van der Waals surface area contributed by atoms with Gasteiger partial charge in [-0.3, -0.25) is 0 Å². The van der Waals surface area contributed by atoms with Gasteiger partial charge in [0, 0.05) is 0 Å². The zero-order valence-electron chi connectivity index (χ0n) is 6.73. The van der Waals surface area contributed by atoms with Crippen LogP contribution in [-0.2, 0) is 0 Å². The van der Waals surface area contributed by atoms with E-state index in [0.717, 1.165) is 0 Å². The highest BCUT2D eigenvalue weighted by Crippen LogP contribution is 1.99. The van der Waals surface area contributed by atoms with E-state index < -0.39 is 8.07 Å². The summed E-state index contributed by atoms with van der Waals surface area (Å²) < 4.78 is 0. The van der Waals surface area contributed by atoms with Crippen molar-refractivity contribution in [3.63, 3.8) is 0 Å². The van der Waals surface area contributed by atoms with E-state index in [9.17, 15) is 0 Å². The van der Waals surface area contributed by atoms with Crippen molar-refractivity contribution in [2.75, 3.05) is 0 Å². The Morgan fingerprint density at radius 1 is 1.22 bits per heavy atom. The van der Waals surface area contributed by atoms with E-state index in [1.54, 1.807) is 0 Å². The second-order valence-electron chi connectivity index (χ2n) is 3.09. The molecule has 0 spiro atoms. The highest BCUT2D eigenvalue weighted by molar-refractivity contribution is 6.78. The van der Waals surface area contributed by atoms with Gasteiger partial charge in [-0.05, 0) is 6.92 Å². The third-order valence-corrected chi connectivity index (χ3v) is 1.84. The van der Waals surface area contributed by atoms with Crippen LogP contribution in [0.4, 0.5) is 0 Å². The fraction of sp³-hybridized carbons (Fsp3) is 0.500. The van der Waals surface area contributed by atoms with Crippen LogP contribution in [0.15, 0.2) is 18.2 Å². The van der Waals surface area contributed by atoms with E-state index in [0.29, 0.717) is 0 Å². The summed E-state index contributed by atoms with van der Waals surface area (Å²) >= 11 is 0. The first-order chi connectivity index (χ1) is 4.06. The Kier molecular flexibility index (Phi) is 3.55. The van der Waals surface area contributed by atoms with Crippen molar-refractivity contribution in [2.24, 2.45) is 0 Å². The minimum Gasteiger partial charge on any atom is -0.0877 e. The van der Waals surface area contributed by atoms with Gasteiger partial charge in [0.15, 0.2) is 0 Å². The van der Waals surface area contributed by atoms with Crippen molar-refractivity contribution in [1.82, 2.24) is 0 Å². The smallest absolute Gasteiger partial charge is 0.0774 e. The summed E-state index contributed by atoms with van der Waals surface area (Å²) in [5, 5.41) is 0.